The van der Waals surface area contributed by atoms with Crippen LogP contribution in [0.4, 0.5) is 0 Å². The molecule has 2 heteroatoms. The molecule has 0 radical (unpaired) electrons. The third kappa shape index (κ3) is 6.00. The molecule has 0 aromatic carbocycles. The topological polar surface area (TPSA) is 34.1 Å². The van der Waals surface area contributed by atoms with E-state index in [1.807, 2.05) is 12.2 Å². The minimum atomic E-state index is 0.284. The molecule has 0 N–H and O–H groups in total. The van der Waals surface area contributed by atoms with Crippen molar-refractivity contribution in [3.05, 3.63) is 24.3 Å². The average molecular weight is 206 g/mol. The molecule has 0 saturated heterocycles. The summed E-state index contributed by atoms with van der Waals surface area (Å²) in [6.07, 6.45) is 14.3. The summed E-state index contributed by atoms with van der Waals surface area (Å²) in [7, 11) is 0. The van der Waals surface area contributed by atoms with Crippen molar-refractivity contribution in [2.45, 2.75) is 44.9 Å². The van der Waals surface area contributed by atoms with Crippen LogP contribution >= 0.6 is 0 Å². The highest BCUT2D eigenvalue weighted by molar-refractivity contribution is 5.90. The van der Waals surface area contributed by atoms with Gasteiger partial charge in [-0.05, 0) is 44.3 Å². The van der Waals surface area contributed by atoms with Gasteiger partial charge in [0, 0.05) is 12.8 Å². The number of carbonyl (C=O) groups excluding carboxylic acids is 2. The van der Waals surface area contributed by atoms with Crippen LogP contribution in [0, 0.1) is 0 Å². The second-order valence-electron chi connectivity index (χ2n) is 3.88. The van der Waals surface area contributed by atoms with Crippen LogP contribution < -0.4 is 0 Å². The van der Waals surface area contributed by atoms with Crippen molar-refractivity contribution >= 4 is 11.6 Å². The predicted octanol–water partition coefficient (Wildman–Crippen LogP) is 2.98. The minimum absolute atomic E-state index is 0.284. The fourth-order valence-electron chi connectivity index (χ4n) is 1.55. The van der Waals surface area contributed by atoms with Crippen LogP contribution in [-0.4, -0.2) is 11.6 Å². The van der Waals surface area contributed by atoms with Gasteiger partial charge in [-0.1, -0.05) is 12.2 Å². The summed E-state index contributed by atoms with van der Waals surface area (Å²) in [5.41, 5.74) is 0. The Labute approximate surface area is 91.1 Å². The van der Waals surface area contributed by atoms with Gasteiger partial charge in [-0.2, -0.15) is 0 Å². The van der Waals surface area contributed by atoms with E-state index < -0.39 is 0 Å². The van der Waals surface area contributed by atoms with E-state index in [9.17, 15) is 9.59 Å². The molecule has 15 heavy (non-hydrogen) atoms. The summed E-state index contributed by atoms with van der Waals surface area (Å²) in [6.45, 7) is 0. The lowest BCUT2D eigenvalue weighted by molar-refractivity contribution is -0.115. The number of allylic oxidation sites excluding steroid dienone is 4. The lowest BCUT2D eigenvalue weighted by Crippen LogP contribution is -1.95. The van der Waals surface area contributed by atoms with E-state index in [0.717, 1.165) is 38.5 Å². The second-order valence-corrected chi connectivity index (χ2v) is 3.88. The van der Waals surface area contributed by atoms with Gasteiger partial charge in [-0.3, -0.25) is 9.59 Å². The second kappa shape index (κ2) is 7.16. The SMILES string of the molecule is O=C1C=CCCC1.O=C1C=CCCCC1. The zero-order valence-electron chi connectivity index (χ0n) is 9.08. The van der Waals surface area contributed by atoms with Crippen LogP contribution in [0.25, 0.3) is 0 Å². The van der Waals surface area contributed by atoms with E-state index in [2.05, 4.69) is 0 Å². The van der Waals surface area contributed by atoms with E-state index in [0.29, 0.717) is 5.78 Å². The molecule has 2 rings (SSSR count). The molecular weight excluding hydrogens is 188 g/mol. The fraction of sp³-hybridized carbons (Fsp3) is 0.538. The Balaban J connectivity index is 0.000000151. The standard InChI is InChI=1S/C7H10O.C6H8O/c8-7-5-3-1-2-4-6-7;7-6-4-2-1-3-5-6/h3,5H,1-2,4,6H2;2,4H,1,3,5H2. The summed E-state index contributed by atoms with van der Waals surface area (Å²) in [6, 6.07) is 0. The molecule has 2 nitrogen and oxygen atoms in total. The predicted molar refractivity (Wildman–Crippen MR) is 60.6 cm³/mol. The molecule has 0 aromatic heterocycles. The smallest absolute Gasteiger partial charge is 0.155 e. The largest absolute Gasteiger partial charge is 0.295 e. The summed E-state index contributed by atoms with van der Waals surface area (Å²) in [4.78, 5) is 21.0. The molecular formula is C13H18O2. The van der Waals surface area contributed by atoms with Crippen LogP contribution in [-0.2, 0) is 9.59 Å². The number of ketones is 2. The lowest BCUT2D eigenvalue weighted by Gasteiger charge is -1.97. The van der Waals surface area contributed by atoms with Gasteiger partial charge in [0.25, 0.3) is 0 Å². The Morgan fingerprint density at radius 1 is 0.733 bits per heavy atom. The minimum Gasteiger partial charge on any atom is -0.295 e. The first kappa shape index (κ1) is 11.9. The molecule has 0 atom stereocenters. The molecule has 2 aliphatic rings. The molecule has 0 unspecified atom stereocenters. The molecule has 0 spiro atoms. The number of rotatable bonds is 0. The summed E-state index contributed by atoms with van der Waals surface area (Å²) in [5.74, 6) is 0.578. The Morgan fingerprint density at radius 2 is 1.27 bits per heavy atom. The molecule has 82 valence electrons. The van der Waals surface area contributed by atoms with E-state index in [1.54, 1.807) is 12.2 Å². The van der Waals surface area contributed by atoms with Crippen LogP contribution in [0.5, 0.6) is 0 Å². The Morgan fingerprint density at radius 3 is 1.80 bits per heavy atom. The molecule has 0 aliphatic heterocycles. The maximum Gasteiger partial charge on any atom is 0.155 e. The van der Waals surface area contributed by atoms with Gasteiger partial charge < -0.3 is 0 Å². The average Bonchev–Trinajstić information content (AvgIpc) is 2.48. The van der Waals surface area contributed by atoms with Gasteiger partial charge >= 0.3 is 0 Å². The maximum absolute atomic E-state index is 10.6. The van der Waals surface area contributed by atoms with Gasteiger partial charge in [-0.25, -0.2) is 0 Å². The van der Waals surface area contributed by atoms with Crippen molar-refractivity contribution in [2.24, 2.45) is 0 Å². The number of hydrogen-bond acceptors (Lipinski definition) is 2. The van der Waals surface area contributed by atoms with Crippen LogP contribution in [0.2, 0.25) is 0 Å². The monoisotopic (exact) mass is 206 g/mol. The van der Waals surface area contributed by atoms with E-state index in [-0.39, 0.29) is 5.78 Å². The third-order valence-electron chi connectivity index (χ3n) is 2.45. The van der Waals surface area contributed by atoms with E-state index in [1.165, 1.54) is 6.42 Å². The molecule has 0 bridgehead atoms. The Hall–Kier alpha value is -1.18. The highest BCUT2D eigenvalue weighted by Gasteiger charge is 1.99. The Bertz CT molecular complexity index is 274. The fourth-order valence-corrected chi connectivity index (χ4v) is 1.55. The zero-order chi connectivity index (χ0) is 10.9. The van der Waals surface area contributed by atoms with E-state index in [4.69, 9.17) is 0 Å². The van der Waals surface area contributed by atoms with Crippen molar-refractivity contribution < 1.29 is 9.59 Å². The molecule has 0 saturated carbocycles. The summed E-state index contributed by atoms with van der Waals surface area (Å²) >= 11 is 0. The first-order valence-corrected chi connectivity index (χ1v) is 5.68. The van der Waals surface area contributed by atoms with Crippen LogP contribution in [0.1, 0.15) is 44.9 Å². The molecule has 2 aliphatic carbocycles. The lowest BCUT2D eigenvalue weighted by atomic mass is 10.1. The Kier molecular flexibility index (Phi) is 5.67. The maximum atomic E-state index is 10.6. The third-order valence-corrected chi connectivity index (χ3v) is 2.45. The van der Waals surface area contributed by atoms with Crippen molar-refractivity contribution in [1.29, 1.82) is 0 Å². The molecule has 0 fully saturated rings. The van der Waals surface area contributed by atoms with Crippen LogP contribution in [0.3, 0.4) is 0 Å². The first-order valence-electron chi connectivity index (χ1n) is 5.68. The van der Waals surface area contributed by atoms with Crippen molar-refractivity contribution in [3.63, 3.8) is 0 Å². The highest BCUT2D eigenvalue weighted by atomic mass is 16.1. The first-order chi connectivity index (χ1) is 7.29. The van der Waals surface area contributed by atoms with Gasteiger partial charge in [0.15, 0.2) is 11.6 Å². The normalized spacial score (nSPS) is 20.5. The van der Waals surface area contributed by atoms with Gasteiger partial charge in [0.05, 0.1) is 0 Å². The molecule has 0 aromatic rings. The summed E-state index contributed by atoms with van der Waals surface area (Å²) < 4.78 is 0. The van der Waals surface area contributed by atoms with Gasteiger partial charge in [0.2, 0.25) is 0 Å². The number of hydrogen-bond donors (Lipinski definition) is 0. The molecule has 0 heterocycles. The van der Waals surface area contributed by atoms with Crippen molar-refractivity contribution in [1.82, 2.24) is 0 Å². The highest BCUT2D eigenvalue weighted by Crippen LogP contribution is 2.06. The van der Waals surface area contributed by atoms with Gasteiger partial charge in [-0.15, -0.1) is 0 Å². The zero-order valence-corrected chi connectivity index (χ0v) is 9.08. The quantitative estimate of drug-likeness (QED) is 0.610. The molecule has 0 amide bonds. The number of carbonyl (C=O) groups is 2. The van der Waals surface area contributed by atoms with Gasteiger partial charge in [0.1, 0.15) is 0 Å². The van der Waals surface area contributed by atoms with Crippen LogP contribution in [0.15, 0.2) is 24.3 Å². The van der Waals surface area contributed by atoms with Crippen molar-refractivity contribution in [2.75, 3.05) is 0 Å². The van der Waals surface area contributed by atoms with E-state index >= 15 is 0 Å². The summed E-state index contributed by atoms with van der Waals surface area (Å²) in [5, 5.41) is 0. The van der Waals surface area contributed by atoms with Crippen molar-refractivity contribution in [3.8, 4) is 0 Å².